The molecule has 0 unspecified atom stereocenters. The SMILES string of the molecule is O=C(O)c1ccc(CNCC2(C3CC3)CCC2)cc1. The summed E-state index contributed by atoms with van der Waals surface area (Å²) in [6, 6.07) is 7.17. The number of aromatic carboxylic acids is 1. The number of nitrogens with one attached hydrogen (secondary N) is 1. The lowest BCUT2D eigenvalue weighted by atomic mass is 9.65. The molecule has 0 aromatic heterocycles. The fraction of sp³-hybridized carbons (Fsp3) is 0.562. The third-order valence-corrected chi connectivity index (χ3v) is 4.80. The van der Waals surface area contributed by atoms with Crippen molar-refractivity contribution in [3.05, 3.63) is 35.4 Å². The van der Waals surface area contributed by atoms with Gasteiger partial charge in [-0.05, 0) is 54.7 Å². The highest BCUT2D eigenvalue weighted by Crippen LogP contribution is 2.56. The summed E-state index contributed by atoms with van der Waals surface area (Å²) in [4.78, 5) is 10.8. The molecule has 1 aromatic rings. The van der Waals surface area contributed by atoms with Crippen molar-refractivity contribution in [1.29, 1.82) is 0 Å². The smallest absolute Gasteiger partial charge is 0.335 e. The van der Waals surface area contributed by atoms with E-state index in [0.29, 0.717) is 11.0 Å². The Bertz CT molecular complexity index is 458. The average molecular weight is 259 g/mol. The van der Waals surface area contributed by atoms with E-state index >= 15 is 0 Å². The molecule has 0 atom stereocenters. The molecular formula is C16H21NO2. The van der Waals surface area contributed by atoms with Crippen LogP contribution in [0.3, 0.4) is 0 Å². The summed E-state index contributed by atoms with van der Waals surface area (Å²) in [5.74, 6) is 0.116. The lowest BCUT2D eigenvalue weighted by molar-refractivity contribution is 0.0697. The molecule has 2 fully saturated rings. The first-order valence-electron chi connectivity index (χ1n) is 7.23. The molecule has 0 radical (unpaired) electrons. The third kappa shape index (κ3) is 2.66. The van der Waals surface area contributed by atoms with Crippen LogP contribution in [0.5, 0.6) is 0 Å². The van der Waals surface area contributed by atoms with Gasteiger partial charge < -0.3 is 10.4 Å². The molecule has 2 saturated carbocycles. The highest BCUT2D eigenvalue weighted by molar-refractivity contribution is 5.87. The highest BCUT2D eigenvalue weighted by atomic mass is 16.4. The first kappa shape index (κ1) is 12.7. The Morgan fingerprint density at radius 3 is 2.42 bits per heavy atom. The molecule has 0 spiro atoms. The average Bonchev–Trinajstić information content (AvgIpc) is 3.17. The Labute approximate surface area is 114 Å². The second-order valence-corrected chi connectivity index (χ2v) is 6.10. The van der Waals surface area contributed by atoms with Crippen LogP contribution in [0.25, 0.3) is 0 Å². The topological polar surface area (TPSA) is 49.3 Å². The summed E-state index contributed by atoms with van der Waals surface area (Å²) in [7, 11) is 0. The minimum absolute atomic E-state index is 0.359. The molecule has 3 rings (SSSR count). The zero-order valence-corrected chi connectivity index (χ0v) is 11.2. The van der Waals surface area contributed by atoms with Crippen molar-refractivity contribution in [2.75, 3.05) is 6.54 Å². The summed E-state index contributed by atoms with van der Waals surface area (Å²) in [5, 5.41) is 12.4. The van der Waals surface area contributed by atoms with Crippen LogP contribution < -0.4 is 5.32 Å². The predicted octanol–water partition coefficient (Wildman–Crippen LogP) is 3.05. The molecule has 0 aliphatic heterocycles. The highest BCUT2D eigenvalue weighted by Gasteiger charge is 2.48. The fourth-order valence-corrected chi connectivity index (χ4v) is 3.28. The molecule has 102 valence electrons. The Kier molecular flexibility index (Phi) is 3.31. The Balaban J connectivity index is 1.50. The number of carbonyl (C=O) groups is 1. The molecule has 2 N–H and O–H groups in total. The third-order valence-electron chi connectivity index (χ3n) is 4.80. The molecule has 2 aliphatic rings. The quantitative estimate of drug-likeness (QED) is 0.825. The maximum absolute atomic E-state index is 10.8. The van der Waals surface area contributed by atoms with Crippen LogP contribution in [-0.4, -0.2) is 17.6 Å². The molecular weight excluding hydrogens is 238 g/mol. The molecule has 2 aliphatic carbocycles. The van der Waals surface area contributed by atoms with Crippen molar-refractivity contribution in [1.82, 2.24) is 5.32 Å². The molecule has 0 saturated heterocycles. The minimum Gasteiger partial charge on any atom is -0.478 e. The maximum atomic E-state index is 10.8. The van der Waals surface area contributed by atoms with Crippen LogP contribution in [0.1, 0.15) is 48.0 Å². The number of carboxylic acids is 1. The monoisotopic (exact) mass is 259 g/mol. The van der Waals surface area contributed by atoms with Gasteiger partial charge in [0, 0.05) is 13.1 Å². The van der Waals surface area contributed by atoms with E-state index in [0.717, 1.165) is 24.6 Å². The minimum atomic E-state index is -0.860. The fourth-order valence-electron chi connectivity index (χ4n) is 3.28. The summed E-state index contributed by atoms with van der Waals surface area (Å²) in [6.45, 7) is 1.96. The van der Waals surface area contributed by atoms with Crippen molar-refractivity contribution in [2.24, 2.45) is 11.3 Å². The van der Waals surface area contributed by atoms with Crippen LogP contribution in [0.2, 0.25) is 0 Å². The van der Waals surface area contributed by atoms with Crippen LogP contribution >= 0.6 is 0 Å². The summed E-state index contributed by atoms with van der Waals surface area (Å²) in [6.07, 6.45) is 7.03. The maximum Gasteiger partial charge on any atom is 0.335 e. The van der Waals surface area contributed by atoms with Gasteiger partial charge in [0.25, 0.3) is 0 Å². The normalized spacial score (nSPS) is 20.8. The molecule has 0 amide bonds. The van der Waals surface area contributed by atoms with Crippen molar-refractivity contribution in [2.45, 2.75) is 38.6 Å². The zero-order chi connectivity index (χ0) is 13.3. The van der Waals surface area contributed by atoms with Crippen molar-refractivity contribution in [3.63, 3.8) is 0 Å². The summed E-state index contributed by atoms with van der Waals surface area (Å²) < 4.78 is 0. The first-order valence-corrected chi connectivity index (χ1v) is 7.23. The van der Waals surface area contributed by atoms with Crippen LogP contribution in [0.15, 0.2) is 24.3 Å². The van der Waals surface area contributed by atoms with Gasteiger partial charge in [0.15, 0.2) is 0 Å². The van der Waals surface area contributed by atoms with Gasteiger partial charge in [-0.3, -0.25) is 0 Å². The largest absolute Gasteiger partial charge is 0.478 e. The molecule has 0 bridgehead atoms. The second kappa shape index (κ2) is 4.97. The lowest BCUT2D eigenvalue weighted by Gasteiger charge is -2.43. The number of benzene rings is 1. The van der Waals surface area contributed by atoms with E-state index in [4.69, 9.17) is 5.11 Å². The van der Waals surface area contributed by atoms with Gasteiger partial charge in [0.2, 0.25) is 0 Å². The molecule has 3 heteroatoms. The zero-order valence-electron chi connectivity index (χ0n) is 11.2. The molecule has 3 nitrogen and oxygen atoms in total. The summed E-state index contributed by atoms with van der Waals surface area (Å²) in [5.41, 5.74) is 2.12. The van der Waals surface area contributed by atoms with Crippen molar-refractivity contribution < 1.29 is 9.90 Å². The van der Waals surface area contributed by atoms with Crippen molar-refractivity contribution >= 4 is 5.97 Å². The van der Waals surface area contributed by atoms with Crippen molar-refractivity contribution in [3.8, 4) is 0 Å². The molecule has 19 heavy (non-hydrogen) atoms. The summed E-state index contributed by atoms with van der Waals surface area (Å²) >= 11 is 0. The van der Waals surface area contributed by atoms with E-state index in [1.165, 1.54) is 32.1 Å². The van der Waals surface area contributed by atoms with Gasteiger partial charge in [0.1, 0.15) is 0 Å². The van der Waals surface area contributed by atoms with Gasteiger partial charge in [-0.2, -0.15) is 0 Å². The Morgan fingerprint density at radius 2 is 1.95 bits per heavy atom. The number of hydrogen-bond donors (Lipinski definition) is 2. The van der Waals surface area contributed by atoms with Gasteiger partial charge >= 0.3 is 5.97 Å². The van der Waals surface area contributed by atoms with Gasteiger partial charge in [0.05, 0.1) is 5.56 Å². The lowest BCUT2D eigenvalue weighted by Crippen LogP contribution is -2.41. The van der Waals surface area contributed by atoms with E-state index in [-0.39, 0.29) is 0 Å². The van der Waals surface area contributed by atoms with E-state index in [1.807, 2.05) is 12.1 Å². The number of rotatable bonds is 6. The Hall–Kier alpha value is -1.35. The predicted molar refractivity (Wildman–Crippen MR) is 74.1 cm³/mol. The van der Waals surface area contributed by atoms with Gasteiger partial charge in [-0.15, -0.1) is 0 Å². The van der Waals surface area contributed by atoms with Gasteiger partial charge in [-0.25, -0.2) is 4.79 Å². The number of carboxylic acid groups (broad SMARTS) is 1. The van der Waals surface area contributed by atoms with E-state index in [2.05, 4.69) is 5.32 Å². The molecule has 1 aromatic carbocycles. The number of hydrogen-bond acceptors (Lipinski definition) is 2. The second-order valence-electron chi connectivity index (χ2n) is 6.10. The Morgan fingerprint density at radius 1 is 1.26 bits per heavy atom. The standard InChI is InChI=1S/C16H21NO2/c18-15(19)13-4-2-12(3-5-13)10-17-11-16(8-1-9-16)14-6-7-14/h2-5,14,17H,1,6-11H2,(H,18,19). The van der Waals surface area contributed by atoms with E-state index in [1.54, 1.807) is 12.1 Å². The van der Waals surface area contributed by atoms with Crippen LogP contribution in [0.4, 0.5) is 0 Å². The van der Waals surface area contributed by atoms with Crippen LogP contribution in [-0.2, 0) is 6.54 Å². The van der Waals surface area contributed by atoms with E-state index in [9.17, 15) is 4.79 Å². The first-order chi connectivity index (χ1) is 9.20. The van der Waals surface area contributed by atoms with E-state index < -0.39 is 5.97 Å². The molecule has 0 heterocycles. The van der Waals surface area contributed by atoms with Gasteiger partial charge in [-0.1, -0.05) is 18.6 Å². The van der Waals surface area contributed by atoms with Crippen LogP contribution in [0, 0.1) is 11.3 Å².